The van der Waals surface area contributed by atoms with E-state index in [1.54, 1.807) is 6.92 Å². The molecule has 1 aromatic carbocycles. The standard InChI is InChI=1S/C10H9NO4/c1-7(5-12)9-2-8(6-13)3-10(4-9)11(14)15/h2-7H,1H3. The van der Waals surface area contributed by atoms with Crippen molar-refractivity contribution in [3.63, 3.8) is 0 Å². The summed E-state index contributed by atoms with van der Waals surface area (Å²) < 4.78 is 0. The maximum absolute atomic E-state index is 10.5. The van der Waals surface area contributed by atoms with Crippen LogP contribution in [0.15, 0.2) is 18.2 Å². The van der Waals surface area contributed by atoms with Gasteiger partial charge in [0.2, 0.25) is 0 Å². The summed E-state index contributed by atoms with van der Waals surface area (Å²) in [4.78, 5) is 31.0. The molecule has 0 aliphatic rings. The molecule has 1 aromatic rings. The molecule has 0 spiro atoms. The van der Waals surface area contributed by atoms with Crippen molar-refractivity contribution in [2.45, 2.75) is 12.8 Å². The number of non-ortho nitro benzene ring substituents is 1. The van der Waals surface area contributed by atoms with E-state index < -0.39 is 10.8 Å². The van der Waals surface area contributed by atoms with Gasteiger partial charge in [-0.2, -0.15) is 0 Å². The highest BCUT2D eigenvalue weighted by Gasteiger charge is 2.12. The van der Waals surface area contributed by atoms with Gasteiger partial charge in [0, 0.05) is 23.6 Å². The lowest BCUT2D eigenvalue weighted by Gasteiger charge is -2.04. The van der Waals surface area contributed by atoms with Crippen molar-refractivity contribution in [2.24, 2.45) is 0 Å². The number of rotatable bonds is 4. The summed E-state index contributed by atoms with van der Waals surface area (Å²) in [5.41, 5.74) is 0.498. The lowest BCUT2D eigenvalue weighted by atomic mass is 10.00. The Morgan fingerprint density at radius 2 is 2.00 bits per heavy atom. The smallest absolute Gasteiger partial charge is 0.270 e. The zero-order valence-corrected chi connectivity index (χ0v) is 8.04. The molecule has 1 rings (SSSR count). The summed E-state index contributed by atoms with van der Waals surface area (Å²) in [6, 6.07) is 3.94. The minimum absolute atomic E-state index is 0.177. The number of nitro benzene ring substituents is 1. The molecule has 0 radical (unpaired) electrons. The largest absolute Gasteiger partial charge is 0.303 e. The maximum Gasteiger partial charge on any atom is 0.270 e. The molecular formula is C10H9NO4. The number of carbonyl (C=O) groups is 2. The SMILES string of the molecule is CC(C=O)c1cc(C=O)cc([N+](=O)[O-])c1. The number of benzene rings is 1. The molecule has 5 heteroatoms. The molecule has 0 saturated heterocycles. The van der Waals surface area contributed by atoms with E-state index in [4.69, 9.17) is 0 Å². The fraction of sp³-hybridized carbons (Fsp3) is 0.200. The quantitative estimate of drug-likeness (QED) is 0.427. The van der Waals surface area contributed by atoms with Crippen LogP contribution in [0.1, 0.15) is 28.8 Å². The van der Waals surface area contributed by atoms with Crippen LogP contribution in [0.4, 0.5) is 5.69 Å². The van der Waals surface area contributed by atoms with Crippen LogP contribution < -0.4 is 0 Å². The molecule has 0 aromatic heterocycles. The normalized spacial score (nSPS) is 11.8. The number of hydrogen-bond acceptors (Lipinski definition) is 4. The molecule has 0 aliphatic carbocycles. The van der Waals surface area contributed by atoms with Gasteiger partial charge >= 0.3 is 0 Å². The second kappa shape index (κ2) is 4.45. The van der Waals surface area contributed by atoms with Gasteiger partial charge in [0.25, 0.3) is 5.69 Å². The van der Waals surface area contributed by atoms with Crippen LogP contribution in [-0.2, 0) is 4.79 Å². The Hall–Kier alpha value is -2.04. The number of aldehydes is 2. The van der Waals surface area contributed by atoms with Crippen LogP contribution in [0, 0.1) is 10.1 Å². The van der Waals surface area contributed by atoms with Crippen molar-refractivity contribution >= 4 is 18.3 Å². The molecule has 0 aliphatic heterocycles. The number of nitro groups is 1. The van der Waals surface area contributed by atoms with Gasteiger partial charge in [0.1, 0.15) is 12.6 Å². The fourth-order valence-corrected chi connectivity index (χ4v) is 1.17. The predicted octanol–water partition coefficient (Wildman–Crippen LogP) is 1.71. The van der Waals surface area contributed by atoms with Gasteiger partial charge in [0.15, 0.2) is 0 Å². The first-order valence-electron chi connectivity index (χ1n) is 4.28. The van der Waals surface area contributed by atoms with Gasteiger partial charge < -0.3 is 4.79 Å². The summed E-state index contributed by atoms with van der Waals surface area (Å²) in [6.07, 6.45) is 1.20. The average Bonchev–Trinajstić information content (AvgIpc) is 2.27. The molecule has 0 heterocycles. The monoisotopic (exact) mass is 207 g/mol. The molecular weight excluding hydrogens is 198 g/mol. The predicted molar refractivity (Wildman–Crippen MR) is 53.0 cm³/mol. The minimum Gasteiger partial charge on any atom is -0.303 e. The first-order chi connectivity index (χ1) is 7.08. The average molecular weight is 207 g/mol. The Labute approximate surface area is 85.9 Å². The Balaban J connectivity index is 3.28. The van der Waals surface area contributed by atoms with Crippen molar-refractivity contribution in [1.82, 2.24) is 0 Å². The third kappa shape index (κ3) is 2.46. The van der Waals surface area contributed by atoms with Crippen molar-refractivity contribution in [3.8, 4) is 0 Å². The van der Waals surface area contributed by atoms with E-state index in [2.05, 4.69) is 0 Å². The van der Waals surface area contributed by atoms with Crippen LogP contribution in [0.25, 0.3) is 0 Å². The fourth-order valence-electron chi connectivity index (χ4n) is 1.17. The second-order valence-electron chi connectivity index (χ2n) is 3.16. The highest BCUT2D eigenvalue weighted by molar-refractivity contribution is 5.77. The molecule has 15 heavy (non-hydrogen) atoms. The van der Waals surface area contributed by atoms with Gasteiger partial charge in [-0.05, 0) is 11.6 Å². The zero-order valence-electron chi connectivity index (χ0n) is 8.04. The molecule has 1 atom stereocenters. The van der Waals surface area contributed by atoms with Crippen molar-refractivity contribution < 1.29 is 14.5 Å². The third-order valence-corrected chi connectivity index (χ3v) is 2.04. The van der Waals surface area contributed by atoms with Gasteiger partial charge in [0.05, 0.1) is 4.92 Å². The molecule has 0 N–H and O–H groups in total. The molecule has 0 bridgehead atoms. The molecule has 78 valence electrons. The lowest BCUT2D eigenvalue weighted by molar-refractivity contribution is -0.384. The van der Waals surface area contributed by atoms with E-state index in [9.17, 15) is 19.7 Å². The topological polar surface area (TPSA) is 77.3 Å². The zero-order chi connectivity index (χ0) is 11.4. The van der Waals surface area contributed by atoms with E-state index in [-0.39, 0.29) is 11.3 Å². The summed E-state index contributed by atoms with van der Waals surface area (Å²) in [5, 5.41) is 10.5. The van der Waals surface area contributed by atoms with Crippen LogP contribution >= 0.6 is 0 Å². The van der Waals surface area contributed by atoms with Crippen LogP contribution in [0.5, 0.6) is 0 Å². The van der Waals surface area contributed by atoms with E-state index in [1.807, 2.05) is 0 Å². The van der Waals surface area contributed by atoms with Crippen LogP contribution in [0.3, 0.4) is 0 Å². The summed E-state index contributed by atoms with van der Waals surface area (Å²) >= 11 is 0. The molecule has 5 nitrogen and oxygen atoms in total. The molecule has 0 saturated carbocycles. The molecule has 1 unspecified atom stereocenters. The van der Waals surface area contributed by atoms with Crippen molar-refractivity contribution in [2.75, 3.05) is 0 Å². The van der Waals surface area contributed by atoms with E-state index in [0.717, 1.165) is 0 Å². The Morgan fingerprint density at radius 1 is 1.33 bits per heavy atom. The van der Waals surface area contributed by atoms with Gasteiger partial charge in [-0.3, -0.25) is 14.9 Å². The minimum atomic E-state index is -0.589. The molecule has 0 amide bonds. The first-order valence-corrected chi connectivity index (χ1v) is 4.28. The molecule has 0 fully saturated rings. The third-order valence-electron chi connectivity index (χ3n) is 2.04. The Kier molecular flexibility index (Phi) is 3.28. The summed E-state index contributed by atoms with van der Waals surface area (Å²) in [6.45, 7) is 1.61. The Morgan fingerprint density at radius 3 is 2.47 bits per heavy atom. The lowest BCUT2D eigenvalue weighted by Crippen LogP contribution is -1.98. The van der Waals surface area contributed by atoms with E-state index >= 15 is 0 Å². The van der Waals surface area contributed by atoms with Crippen LogP contribution in [0.2, 0.25) is 0 Å². The highest BCUT2D eigenvalue weighted by atomic mass is 16.6. The van der Waals surface area contributed by atoms with Gasteiger partial charge in [-0.25, -0.2) is 0 Å². The van der Waals surface area contributed by atoms with Crippen LogP contribution in [-0.4, -0.2) is 17.5 Å². The number of nitrogens with zero attached hydrogens (tertiary/aromatic N) is 1. The maximum atomic E-state index is 10.5. The summed E-state index contributed by atoms with van der Waals surface area (Å²) in [5.74, 6) is -0.455. The second-order valence-corrected chi connectivity index (χ2v) is 3.16. The summed E-state index contributed by atoms with van der Waals surface area (Å²) in [7, 11) is 0. The van der Waals surface area contributed by atoms with E-state index in [1.165, 1.54) is 18.2 Å². The van der Waals surface area contributed by atoms with Crippen molar-refractivity contribution in [1.29, 1.82) is 0 Å². The first kappa shape index (κ1) is 11.0. The van der Waals surface area contributed by atoms with Crippen molar-refractivity contribution in [3.05, 3.63) is 39.4 Å². The number of hydrogen-bond donors (Lipinski definition) is 0. The number of carbonyl (C=O) groups excluding carboxylic acids is 2. The Bertz CT molecular complexity index is 414. The highest BCUT2D eigenvalue weighted by Crippen LogP contribution is 2.21. The van der Waals surface area contributed by atoms with E-state index in [0.29, 0.717) is 18.1 Å². The van der Waals surface area contributed by atoms with Gasteiger partial charge in [-0.15, -0.1) is 0 Å². The van der Waals surface area contributed by atoms with Gasteiger partial charge in [-0.1, -0.05) is 6.92 Å².